The van der Waals surface area contributed by atoms with Crippen molar-refractivity contribution in [3.63, 3.8) is 0 Å². The first-order valence-corrected chi connectivity index (χ1v) is 7.75. The molecule has 2 atom stereocenters. The maximum Gasteiger partial charge on any atom is 0.120 e. The highest BCUT2D eigenvalue weighted by Gasteiger charge is 2.25. The highest BCUT2D eigenvalue weighted by Crippen LogP contribution is 2.21. The summed E-state index contributed by atoms with van der Waals surface area (Å²) in [5, 5.41) is 8.73. The molecule has 0 saturated carbocycles. The zero-order chi connectivity index (χ0) is 15.1. The van der Waals surface area contributed by atoms with E-state index in [1.807, 2.05) is 24.3 Å². The van der Waals surface area contributed by atoms with Gasteiger partial charge in [-0.1, -0.05) is 24.8 Å². The van der Waals surface area contributed by atoms with Crippen LogP contribution in [0.15, 0.2) is 24.3 Å². The third-order valence-corrected chi connectivity index (χ3v) is 3.86. The minimum Gasteiger partial charge on any atom is -0.492 e. The second-order valence-electron chi connectivity index (χ2n) is 5.84. The Morgan fingerprint density at radius 2 is 2.24 bits per heavy atom. The fraction of sp³-hybridized carbons (Fsp3) is 0.556. The minimum atomic E-state index is 0.107. The van der Waals surface area contributed by atoms with E-state index in [1.54, 1.807) is 0 Å². The summed E-state index contributed by atoms with van der Waals surface area (Å²) in [6.07, 6.45) is 1.80. The zero-order valence-corrected chi connectivity index (χ0v) is 13.0. The first-order chi connectivity index (χ1) is 10.2. The van der Waals surface area contributed by atoms with Gasteiger partial charge in [0.1, 0.15) is 12.4 Å². The van der Waals surface area contributed by atoms with Gasteiger partial charge in [0.25, 0.3) is 0 Å². The quantitative estimate of drug-likeness (QED) is 0.845. The Kier molecular flexibility index (Phi) is 6.10. The molecule has 3 heteroatoms. The van der Waals surface area contributed by atoms with Crippen molar-refractivity contribution in [2.24, 2.45) is 5.92 Å². The van der Waals surface area contributed by atoms with Crippen molar-refractivity contribution in [1.29, 1.82) is 0 Å². The molecule has 21 heavy (non-hydrogen) atoms. The highest BCUT2D eigenvalue weighted by molar-refractivity contribution is 5.39. The number of nitrogens with zero attached hydrogens (tertiary/aromatic N) is 1. The molecule has 1 fully saturated rings. The van der Waals surface area contributed by atoms with Gasteiger partial charge in [0.15, 0.2) is 0 Å². The number of ether oxygens (including phenoxy) is 1. The normalized spacial score (nSPS) is 21.9. The van der Waals surface area contributed by atoms with Gasteiger partial charge in [-0.15, -0.1) is 0 Å². The van der Waals surface area contributed by atoms with Crippen LogP contribution < -0.4 is 4.74 Å². The van der Waals surface area contributed by atoms with Crippen LogP contribution in [0, 0.1) is 17.8 Å². The number of aliphatic hydroxyl groups is 1. The number of benzene rings is 1. The van der Waals surface area contributed by atoms with Gasteiger partial charge in [0.2, 0.25) is 0 Å². The van der Waals surface area contributed by atoms with Crippen LogP contribution in [-0.4, -0.2) is 42.4 Å². The molecule has 1 heterocycles. The molecule has 1 saturated heterocycles. The van der Waals surface area contributed by atoms with Crippen LogP contribution in [0.25, 0.3) is 0 Å². The molecular formula is C18H25NO2. The van der Waals surface area contributed by atoms with Gasteiger partial charge < -0.3 is 9.84 Å². The van der Waals surface area contributed by atoms with Gasteiger partial charge >= 0.3 is 0 Å². The molecule has 3 nitrogen and oxygen atoms in total. The molecule has 1 aliphatic rings. The molecule has 1 aliphatic heterocycles. The van der Waals surface area contributed by atoms with Crippen molar-refractivity contribution in [3.05, 3.63) is 29.8 Å². The Hall–Kier alpha value is -1.50. The SMILES string of the molecule is CC1CC(C)N(CCOc2cccc(C#CCCO)c2)C1. The van der Waals surface area contributed by atoms with Crippen LogP contribution in [-0.2, 0) is 0 Å². The van der Waals surface area contributed by atoms with Gasteiger partial charge in [-0.25, -0.2) is 0 Å². The molecule has 2 unspecified atom stereocenters. The Bertz CT molecular complexity index is 503. The molecule has 1 aromatic carbocycles. The first kappa shape index (κ1) is 15.9. The Morgan fingerprint density at radius 1 is 1.38 bits per heavy atom. The Balaban J connectivity index is 1.81. The highest BCUT2D eigenvalue weighted by atomic mass is 16.5. The van der Waals surface area contributed by atoms with Gasteiger partial charge in [-0.3, -0.25) is 4.90 Å². The summed E-state index contributed by atoms with van der Waals surface area (Å²) >= 11 is 0. The smallest absolute Gasteiger partial charge is 0.120 e. The van der Waals surface area contributed by atoms with E-state index in [0.717, 1.165) is 23.8 Å². The van der Waals surface area contributed by atoms with Crippen molar-refractivity contribution in [2.45, 2.75) is 32.7 Å². The second-order valence-corrected chi connectivity index (χ2v) is 5.84. The van der Waals surface area contributed by atoms with Crippen LogP contribution in [0.3, 0.4) is 0 Å². The van der Waals surface area contributed by atoms with Crippen LogP contribution in [0.5, 0.6) is 5.75 Å². The molecule has 0 aliphatic carbocycles. The van der Waals surface area contributed by atoms with E-state index < -0.39 is 0 Å². The Morgan fingerprint density at radius 3 is 2.95 bits per heavy atom. The number of likely N-dealkylation sites (tertiary alicyclic amines) is 1. The third-order valence-electron chi connectivity index (χ3n) is 3.86. The number of aliphatic hydroxyl groups excluding tert-OH is 1. The first-order valence-electron chi connectivity index (χ1n) is 7.75. The molecule has 0 aromatic heterocycles. The van der Waals surface area contributed by atoms with E-state index in [1.165, 1.54) is 13.0 Å². The van der Waals surface area contributed by atoms with Crippen LogP contribution in [0.2, 0.25) is 0 Å². The maximum atomic E-state index is 8.73. The van der Waals surface area contributed by atoms with Crippen LogP contribution in [0.4, 0.5) is 0 Å². The summed E-state index contributed by atoms with van der Waals surface area (Å²) in [5.74, 6) is 7.62. The predicted octanol–water partition coefficient (Wildman–Crippen LogP) is 2.53. The molecular weight excluding hydrogens is 262 g/mol. The van der Waals surface area contributed by atoms with E-state index in [0.29, 0.717) is 19.1 Å². The average molecular weight is 287 g/mol. The second kappa shape index (κ2) is 8.07. The third kappa shape index (κ3) is 5.08. The summed E-state index contributed by atoms with van der Waals surface area (Å²) in [6.45, 7) is 7.58. The van der Waals surface area contributed by atoms with Gasteiger partial charge in [0.05, 0.1) is 6.61 Å². The average Bonchev–Trinajstić information content (AvgIpc) is 2.78. The Labute approximate surface area is 127 Å². The zero-order valence-electron chi connectivity index (χ0n) is 13.0. The fourth-order valence-electron chi connectivity index (χ4n) is 2.86. The van der Waals surface area contributed by atoms with E-state index in [-0.39, 0.29) is 6.61 Å². The summed E-state index contributed by atoms with van der Waals surface area (Å²) in [7, 11) is 0. The van der Waals surface area contributed by atoms with Crippen LogP contribution >= 0.6 is 0 Å². The molecule has 0 amide bonds. The van der Waals surface area contributed by atoms with E-state index >= 15 is 0 Å². The lowest BCUT2D eigenvalue weighted by molar-refractivity contribution is 0.202. The van der Waals surface area contributed by atoms with Gasteiger partial charge in [-0.2, -0.15) is 0 Å². The lowest BCUT2D eigenvalue weighted by Gasteiger charge is -2.20. The van der Waals surface area contributed by atoms with Crippen molar-refractivity contribution in [1.82, 2.24) is 4.90 Å². The van der Waals surface area contributed by atoms with Crippen molar-refractivity contribution < 1.29 is 9.84 Å². The van der Waals surface area contributed by atoms with Crippen LogP contribution in [0.1, 0.15) is 32.3 Å². The molecule has 2 rings (SSSR count). The standard InChI is InChI=1S/C18H25NO2/c1-15-12-16(2)19(14-15)9-11-21-18-8-5-7-17(13-18)6-3-4-10-20/h5,7-8,13,15-16,20H,4,9-12,14H2,1-2H3. The van der Waals surface area contributed by atoms with Crippen molar-refractivity contribution >= 4 is 0 Å². The number of hydrogen-bond acceptors (Lipinski definition) is 3. The van der Waals surface area contributed by atoms with E-state index in [9.17, 15) is 0 Å². The topological polar surface area (TPSA) is 32.7 Å². The summed E-state index contributed by atoms with van der Waals surface area (Å²) in [6, 6.07) is 8.51. The van der Waals surface area contributed by atoms with Crippen molar-refractivity contribution in [2.75, 3.05) is 26.3 Å². The molecule has 1 N–H and O–H groups in total. The molecule has 114 valence electrons. The van der Waals surface area contributed by atoms with E-state index in [2.05, 4.69) is 30.6 Å². The molecule has 1 aromatic rings. The largest absolute Gasteiger partial charge is 0.492 e. The number of hydrogen-bond donors (Lipinski definition) is 1. The fourth-order valence-corrected chi connectivity index (χ4v) is 2.86. The number of rotatable bonds is 5. The van der Waals surface area contributed by atoms with E-state index in [4.69, 9.17) is 9.84 Å². The lowest BCUT2D eigenvalue weighted by Crippen LogP contribution is -2.31. The summed E-state index contributed by atoms with van der Waals surface area (Å²) in [5.41, 5.74) is 0.934. The van der Waals surface area contributed by atoms with Gasteiger partial charge in [0, 0.05) is 31.1 Å². The monoisotopic (exact) mass is 287 g/mol. The summed E-state index contributed by atoms with van der Waals surface area (Å²) in [4.78, 5) is 2.50. The lowest BCUT2D eigenvalue weighted by atomic mass is 10.1. The molecule has 0 spiro atoms. The molecule has 0 bridgehead atoms. The summed E-state index contributed by atoms with van der Waals surface area (Å²) < 4.78 is 5.84. The van der Waals surface area contributed by atoms with Crippen molar-refractivity contribution in [3.8, 4) is 17.6 Å². The maximum absolute atomic E-state index is 8.73. The predicted molar refractivity (Wildman–Crippen MR) is 85.3 cm³/mol. The molecule has 0 radical (unpaired) electrons. The minimum absolute atomic E-state index is 0.107. The van der Waals surface area contributed by atoms with Gasteiger partial charge in [-0.05, 0) is 37.5 Å².